The molecule has 106 valence electrons. The van der Waals surface area contributed by atoms with Crippen LogP contribution in [-0.2, 0) is 0 Å². The zero-order valence-corrected chi connectivity index (χ0v) is 12.3. The molecule has 7 heteroatoms. The quantitative estimate of drug-likeness (QED) is 0.741. The fraction of sp³-hybridized carbons (Fsp3) is 0. The van der Waals surface area contributed by atoms with Crippen molar-refractivity contribution in [1.82, 2.24) is 14.9 Å². The number of rotatable bonds is 4. The van der Waals surface area contributed by atoms with Gasteiger partial charge in [-0.2, -0.15) is 0 Å². The number of aromatic nitrogens is 3. The molecule has 0 radical (unpaired) electrons. The van der Waals surface area contributed by atoms with Gasteiger partial charge in [-0.05, 0) is 48.5 Å². The standard InChI is InChI=1S/C14H11Cl2N5/c15-11-1-5-13(6-2-11)21(19-20-9-17-18-10-20)14-7-3-12(16)4-8-14/h1-10,19H. The van der Waals surface area contributed by atoms with Crippen LogP contribution in [0.2, 0.25) is 10.0 Å². The summed E-state index contributed by atoms with van der Waals surface area (Å²) in [5.41, 5.74) is 4.99. The summed E-state index contributed by atoms with van der Waals surface area (Å²) in [7, 11) is 0. The van der Waals surface area contributed by atoms with E-state index in [1.54, 1.807) is 17.3 Å². The minimum atomic E-state index is 0.680. The van der Waals surface area contributed by atoms with Gasteiger partial charge in [0.15, 0.2) is 0 Å². The van der Waals surface area contributed by atoms with Crippen LogP contribution in [0.3, 0.4) is 0 Å². The zero-order valence-electron chi connectivity index (χ0n) is 10.8. The Balaban J connectivity index is 1.97. The monoisotopic (exact) mass is 319 g/mol. The zero-order chi connectivity index (χ0) is 14.7. The molecule has 1 N–H and O–H groups in total. The van der Waals surface area contributed by atoms with E-state index in [1.807, 2.05) is 53.5 Å². The molecule has 0 aliphatic rings. The molecule has 21 heavy (non-hydrogen) atoms. The maximum atomic E-state index is 5.94. The van der Waals surface area contributed by atoms with Crippen LogP contribution in [0.5, 0.6) is 0 Å². The first-order valence-corrected chi connectivity index (χ1v) is 6.90. The topological polar surface area (TPSA) is 46.0 Å². The number of nitrogens with one attached hydrogen (secondary N) is 1. The van der Waals surface area contributed by atoms with Crippen LogP contribution in [0, 0.1) is 0 Å². The van der Waals surface area contributed by atoms with Gasteiger partial charge in [0.1, 0.15) is 12.7 Å². The molecule has 3 aromatic rings. The Morgan fingerprint density at radius 1 is 0.762 bits per heavy atom. The fourth-order valence-electron chi connectivity index (χ4n) is 1.81. The van der Waals surface area contributed by atoms with Gasteiger partial charge >= 0.3 is 0 Å². The first kappa shape index (κ1) is 13.7. The fourth-order valence-corrected chi connectivity index (χ4v) is 2.06. The molecule has 1 aromatic heterocycles. The van der Waals surface area contributed by atoms with Gasteiger partial charge in [-0.3, -0.25) is 0 Å². The van der Waals surface area contributed by atoms with Crippen molar-refractivity contribution in [3.05, 3.63) is 71.2 Å². The largest absolute Gasteiger partial charge is 0.242 e. The maximum absolute atomic E-state index is 5.94. The Hall–Kier alpha value is -2.24. The highest BCUT2D eigenvalue weighted by atomic mass is 35.5. The second-order valence-electron chi connectivity index (χ2n) is 4.26. The summed E-state index contributed by atoms with van der Waals surface area (Å²) in [5, 5.41) is 10.8. The van der Waals surface area contributed by atoms with Crippen molar-refractivity contribution >= 4 is 34.6 Å². The second-order valence-corrected chi connectivity index (χ2v) is 5.13. The van der Waals surface area contributed by atoms with E-state index in [0.717, 1.165) is 11.4 Å². The van der Waals surface area contributed by atoms with Crippen molar-refractivity contribution in [2.75, 3.05) is 10.5 Å². The number of anilines is 2. The van der Waals surface area contributed by atoms with Crippen LogP contribution < -0.4 is 10.5 Å². The van der Waals surface area contributed by atoms with Crippen molar-refractivity contribution in [1.29, 1.82) is 0 Å². The van der Waals surface area contributed by atoms with E-state index >= 15 is 0 Å². The summed E-state index contributed by atoms with van der Waals surface area (Å²) in [6, 6.07) is 15.0. The van der Waals surface area contributed by atoms with E-state index in [4.69, 9.17) is 23.2 Å². The summed E-state index contributed by atoms with van der Waals surface area (Å²) in [5.74, 6) is 0. The second kappa shape index (κ2) is 6.03. The highest BCUT2D eigenvalue weighted by Gasteiger charge is 2.09. The molecule has 0 saturated heterocycles. The molecule has 5 nitrogen and oxygen atoms in total. The minimum Gasteiger partial charge on any atom is -0.242 e. The highest BCUT2D eigenvalue weighted by Crippen LogP contribution is 2.26. The highest BCUT2D eigenvalue weighted by molar-refractivity contribution is 6.31. The lowest BCUT2D eigenvalue weighted by Gasteiger charge is -2.26. The van der Waals surface area contributed by atoms with Gasteiger partial charge in [-0.25, -0.2) is 15.2 Å². The summed E-state index contributed by atoms with van der Waals surface area (Å²) >= 11 is 11.9. The van der Waals surface area contributed by atoms with Gasteiger partial charge in [0, 0.05) is 10.0 Å². The predicted molar refractivity (Wildman–Crippen MR) is 84.4 cm³/mol. The van der Waals surface area contributed by atoms with E-state index in [2.05, 4.69) is 15.7 Å². The molecule has 0 spiro atoms. The number of nitrogens with zero attached hydrogens (tertiary/aromatic N) is 4. The number of hydrogen-bond donors (Lipinski definition) is 1. The van der Waals surface area contributed by atoms with Gasteiger partial charge in [0.2, 0.25) is 0 Å². The van der Waals surface area contributed by atoms with E-state index in [0.29, 0.717) is 10.0 Å². The van der Waals surface area contributed by atoms with Gasteiger partial charge in [0.25, 0.3) is 0 Å². The third-order valence-electron chi connectivity index (χ3n) is 2.80. The average molecular weight is 320 g/mol. The smallest absolute Gasteiger partial charge is 0.140 e. The Bertz CT molecular complexity index is 650. The van der Waals surface area contributed by atoms with Crippen LogP contribution in [0.15, 0.2) is 61.2 Å². The Kier molecular flexibility index (Phi) is 3.94. The molecule has 0 bridgehead atoms. The number of hydrazine groups is 1. The normalized spacial score (nSPS) is 10.4. The van der Waals surface area contributed by atoms with E-state index < -0.39 is 0 Å². The summed E-state index contributed by atoms with van der Waals surface area (Å²) in [6.07, 6.45) is 3.14. The molecule has 0 amide bonds. The molecule has 0 aliphatic carbocycles. The van der Waals surface area contributed by atoms with Crippen molar-refractivity contribution in [2.45, 2.75) is 0 Å². The number of halogens is 2. The van der Waals surface area contributed by atoms with Gasteiger partial charge in [-0.1, -0.05) is 23.2 Å². The molecule has 3 rings (SSSR count). The van der Waals surface area contributed by atoms with E-state index in [-0.39, 0.29) is 0 Å². The van der Waals surface area contributed by atoms with Crippen LogP contribution in [-0.4, -0.2) is 14.9 Å². The van der Waals surface area contributed by atoms with Gasteiger partial charge < -0.3 is 0 Å². The first-order chi connectivity index (χ1) is 10.2. The van der Waals surface area contributed by atoms with Crippen molar-refractivity contribution in [3.8, 4) is 0 Å². The molecule has 0 unspecified atom stereocenters. The van der Waals surface area contributed by atoms with Crippen molar-refractivity contribution < 1.29 is 0 Å². The Morgan fingerprint density at radius 2 is 1.19 bits per heavy atom. The molecule has 1 heterocycles. The Morgan fingerprint density at radius 3 is 1.62 bits per heavy atom. The lowest BCUT2D eigenvalue weighted by atomic mass is 10.2. The summed E-state index contributed by atoms with van der Waals surface area (Å²) < 4.78 is 1.64. The minimum absolute atomic E-state index is 0.680. The first-order valence-electron chi connectivity index (χ1n) is 6.15. The van der Waals surface area contributed by atoms with Crippen LogP contribution in [0.1, 0.15) is 0 Å². The van der Waals surface area contributed by atoms with Crippen LogP contribution in [0.25, 0.3) is 0 Å². The average Bonchev–Trinajstić information content (AvgIpc) is 3.00. The SMILES string of the molecule is Clc1ccc(N(Nn2cnnc2)c2ccc(Cl)cc2)cc1. The number of benzene rings is 2. The predicted octanol–water partition coefficient (Wildman–Crippen LogP) is 3.88. The molecule has 0 atom stereocenters. The van der Waals surface area contributed by atoms with E-state index in [9.17, 15) is 0 Å². The maximum Gasteiger partial charge on any atom is 0.140 e. The molecule has 0 saturated carbocycles. The van der Waals surface area contributed by atoms with Crippen molar-refractivity contribution in [3.63, 3.8) is 0 Å². The third-order valence-corrected chi connectivity index (χ3v) is 3.31. The molecular weight excluding hydrogens is 309 g/mol. The van der Waals surface area contributed by atoms with Gasteiger partial charge in [-0.15, -0.1) is 10.2 Å². The summed E-state index contributed by atoms with van der Waals surface area (Å²) in [4.78, 5) is 0. The van der Waals surface area contributed by atoms with E-state index in [1.165, 1.54) is 0 Å². The van der Waals surface area contributed by atoms with Crippen molar-refractivity contribution in [2.24, 2.45) is 0 Å². The lowest BCUT2D eigenvalue weighted by molar-refractivity contribution is 0.845. The number of hydrogen-bond acceptors (Lipinski definition) is 4. The van der Waals surface area contributed by atoms with Crippen LogP contribution >= 0.6 is 23.2 Å². The van der Waals surface area contributed by atoms with Gasteiger partial charge in [0.05, 0.1) is 11.4 Å². The molecule has 2 aromatic carbocycles. The third kappa shape index (κ3) is 3.26. The lowest BCUT2D eigenvalue weighted by Crippen LogP contribution is -2.31. The molecular formula is C14H11Cl2N5. The molecule has 0 fully saturated rings. The van der Waals surface area contributed by atoms with Crippen LogP contribution in [0.4, 0.5) is 11.4 Å². The molecule has 0 aliphatic heterocycles. The summed E-state index contributed by atoms with van der Waals surface area (Å²) in [6.45, 7) is 0. The Labute approximate surface area is 131 Å².